The number of carbonyl (C=O) groups is 3. The summed E-state index contributed by atoms with van der Waals surface area (Å²) in [5, 5.41) is 0. The van der Waals surface area contributed by atoms with Crippen molar-refractivity contribution in [3.8, 4) is 0 Å². The van der Waals surface area contributed by atoms with Crippen LogP contribution in [0.4, 0.5) is 0 Å². The van der Waals surface area contributed by atoms with Gasteiger partial charge in [-0.05, 0) is 6.42 Å². The topological polar surface area (TPSA) is 107 Å². The molecule has 0 heterocycles. The van der Waals surface area contributed by atoms with Crippen LogP contribution in [0.1, 0.15) is 6.42 Å². The number of hydrogen-bond donors (Lipinski definition) is 0. The van der Waals surface area contributed by atoms with Crippen LogP contribution in [0.5, 0.6) is 0 Å². The summed E-state index contributed by atoms with van der Waals surface area (Å²) in [5.74, 6) is -1.82. The van der Waals surface area contributed by atoms with Crippen LogP contribution in [-0.2, 0) is 43.1 Å². The molecule has 0 unspecified atom stereocenters. The van der Waals surface area contributed by atoms with Crippen LogP contribution in [0.2, 0.25) is 0 Å². The zero-order valence-electron chi connectivity index (χ0n) is 15.3. The number of esters is 2. The van der Waals surface area contributed by atoms with Crippen molar-refractivity contribution in [2.75, 3.05) is 46.2 Å². The van der Waals surface area contributed by atoms with Crippen molar-refractivity contribution in [1.29, 1.82) is 0 Å². The largest absolute Gasteiger partial charge is 0.460 e. The lowest BCUT2D eigenvalue weighted by Crippen LogP contribution is -2.21. The molecule has 0 radical (unpaired) electrons. The molecule has 0 saturated heterocycles. The van der Waals surface area contributed by atoms with Gasteiger partial charge in [-0.15, -0.1) is 0 Å². The van der Waals surface area contributed by atoms with E-state index in [1.807, 2.05) is 0 Å². The lowest BCUT2D eigenvalue weighted by atomic mass is 10.1. The first-order valence-electron chi connectivity index (χ1n) is 8.23. The summed E-state index contributed by atoms with van der Waals surface area (Å²) < 4.78 is 20.5. The molecule has 0 spiro atoms. The van der Waals surface area contributed by atoms with Gasteiger partial charge in [-0.25, -0.2) is 14.4 Å². The Balaban J connectivity index is 4.07. The van der Waals surface area contributed by atoms with E-state index in [0.717, 1.165) is 18.2 Å². The number of ether oxygens (including phenoxy) is 4. The Bertz CT molecular complexity index is 457. The Morgan fingerprint density at radius 3 is 1.63 bits per heavy atom. The van der Waals surface area contributed by atoms with Crippen molar-refractivity contribution < 1.29 is 43.1 Å². The van der Waals surface area contributed by atoms with Gasteiger partial charge in [0.1, 0.15) is 13.2 Å². The zero-order chi connectivity index (χ0) is 20.3. The third kappa shape index (κ3) is 15.5. The normalized spacial score (nSPS) is 10.1. The highest BCUT2D eigenvalue weighted by molar-refractivity contribution is 5.81. The molecule has 0 rings (SSSR count). The lowest BCUT2D eigenvalue weighted by Gasteiger charge is -2.17. The number of rotatable bonds is 17. The second kappa shape index (κ2) is 17.0. The Morgan fingerprint density at radius 1 is 0.704 bits per heavy atom. The first kappa shape index (κ1) is 24.5. The summed E-state index contributed by atoms with van der Waals surface area (Å²) in [6.07, 6.45) is 3.59. The molecule has 152 valence electrons. The molecule has 0 aliphatic heterocycles. The standard InChI is InChI=1S/C18H26O9/c1-4-16(19)24-11-9-22-13-15(7-8-26-27-18(21)6-3)14-23-10-12-25-17(20)5-2/h4-6,15H,1-3,7-14H2. The second-order valence-corrected chi connectivity index (χ2v) is 4.98. The molecule has 0 aromatic rings. The van der Waals surface area contributed by atoms with Crippen LogP contribution >= 0.6 is 0 Å². The van der Waals surface area contributed by atoms with Crippen LogP contribution in [0.25, 0.3) is 0 Å². The smallest absolute Gasteiger partial charge is 0.365 e. The molecule has 0 aromatic heterocycles. The first-order valence-corrected chi connectivity index (χ1v) is 8.23. The predicted molar refractivity (Wildman–Crippen MR) is 94.3 cm³/mol. The van der Waals surface area contributed by atoms with Gasteiger partial charge in [0.15, 0.2) is 0 Å². The highest BCUT2D eigenvalue weighted by Gasteiger charge is 2.11. The molecule has 0 N–H and O–H groups in total. The average molecular weight is 386 g/mol. The van der Waals surface area contributed by atoms with Crippen molar-refractivity contribution in [1.82, 2.24) is 0 Å². The van der Waals surface area contributed by atoms with E-state index >= 15 is 0 Å². The SMILES string of the molecule is C=CC(=O)OCCOCC(CCOOC(=O)C=C)COCCOC(=O)C=C. The minimum Gasteiger partial charge on any atom is -0.460 e. The van der Waals surface area contributed by atoms with Gasteiger partial charge >= 0.3 is 17.9 Å². The Morgan fingerprint density at radius 2 is 1.19 bits per heavy atom. The molecule has 0 saturated carbocycles. The van der Waals surface area contributed by atoms with Crippen LogP contribution in [0.15, 0.2) is 38.0 Å². The lowest BCUT2D eigenvalue weighted by molar-refractivity contribution is -0.269. The fourth-order valence-corrected chi connectivity index (χ4v) is 1.58. The minimum atomic E-state index is -0.688. The van der Waals surface area contributed by atoms with Crippen molar-refractivity contribution in [3.63, 3.8) is 0 Å². The molecule has 0 amide bonds. The Hall–Kier alpha value is -2.49. The number of hydrogen-bond acceptors (Lipinski definition) is 9. The highest BCUT2D eigenvalue weighted by atomic mass is 17.2. The van der Waals surface area contributed by atoms with Gasteiger partial charge in [0.05, 0.1) is 33.0 Å². The van der Waals surface area contributed by atoms with E-state index in [0.29, 0.717) is 19.6 Å². The molecule has 0 aliphatic rings. The Labute approximate surface area is 158 Å². The van der Waals surface area contributed by atoms with E-state index in [2.05, 4.69) is 24.6 Å². The molecular formula is C18H26O9. The fourth-order valence-electron chi connectivity index (χ4n) is 1.58. The first-order chi connectivity index (χ1) is 13.0. The molecule has 0 atom stereocenters. The van der Waals surface area contributed by atoms with Gasteiger partial charge in [0, 0.05) is 24.1 Å². The van der Waals surface area contributed by atoms with Gasteiger partial charge in [-0.3, -0.25) is 4.89 Å². The van der Waals surface area contributed by atoms with E-state index in [-0.39, 0.29) is 39.0 Å². The molecule has 9 nitrogen and oxygen atoms in total. The second-order valence-electron chi connectivity index (χ2n) is 4.98. The van der Waals surface area contributed by atoms with Gasteiger partial charge in [-0.1, -0.05) is 19.7 Å². The summed E-state index contributed by atoms with van der Waals surface area (Å²) in [6, 6.07) is 0. The van der Waals surface area contributed by atoms with Crippen LogP contribution < -0.4 is 0 Å². The fraction of sp³-hybridized carbons (Fsp3) is 0.500. The Kier molecular flexibility index (Phi) is 15.4. The quantitative estimate of drug-likeness (QED) is 0.120. The van der Waals surface area contributed by atoms with Crippen molar-refractivity contribution in [2.24, 2.45) is 5.92 Å². The summed E-state index contributed by atoms with van der Waals surface area (Å²) in [6.45, 7) is 11.2. The predicted octanol–water partition coefficient (Wildman–Crippen LogP) is 1.15. The molecule has 0 fully saturated rings. The van der Waals surface area contributed by atoms with E-state index < -0.39 is 17.9 Å². The van der Waals surface area contributed by atoms with Crippen LogP contribution in [0, 0.1) is 5.92 Å². The molecule has 0 aromatic carbocycles. The molecule has 27 heavy (non-hydrogen) atoms. The van der Waals surface area contributed by atoms with E-state index in [9.17, 15) is 14.4 Å². The van der Waals surface area contributed by atoms with Gasteiger partial charge in [0.2, 0.25) is 0 Å². The van der Waals surface area contributed by atoms with Crippen molar-refractivity contribution in [2.45, 2.75) is 6.42 Å². The van der Waals surface area contributed by atoms with Crippen molar-refractivity contribution >= 4 is 17.9 Å². The van der Waals surface area contributed by atoms with Gasteiger partial charge < -0.3 is 18.9 Å². The van der Waals surface area contributed by atoms with Crippen LogP contribution in [-0.4, -0.2) is 64.2 Å². The van der Waals surface area contributed by atoms with Crippen molar-refractivity contribution in [3.05, 3.63) is 38.0 Å². The molecule has 0 bridgehead atoms. The molecule has 9 heteroatoms. The van der Waals surface area contributed by atoms with E-state index in [1.54, 1.807) is 0 Å². The maximum Gasteiger partial charge on any atom is 0.365 e. The molecular weight excluding hydrogens is 360 g/mol. The average Bonchev–Trinajstić information content (AvgIpc) is 2.68. The van der Waals surface area contributed by atoms with E-state index in [1.165, 1.54) is 0 Å². The maximum atomic E-state index is 10.9. The minimum absolute atomic E-state index is 0.0855. The molecule has 0 aliphatic carbocycles. The van der Waals surface area contributed by atoms with Gasteiger partial charge in [-0.2, -0.15) is 4.89 Å². The third-order valence-electron chi connectivity index (χ3n) is 2.90. The summed E-state index contributed by atoms with van der Waals surface area (Å²) >= 11 is 0. The van der Waals surface area contributed by atoms with Gasteiger partial charge in [0.25, 0.3) is 0 Å². The zero-order valence-corrected chi connectivity index (χ0v) is 15.3. The summed E-state index contributed by atoms with van der Waals surface area (Å²) in [7, 11) is 0. The summed E-state index contributed by atoms with van der Waals surface area (Å²) in [4.78, 5) is 41.9. The highest BCUT2D eigenvalue weighted by Crippen LogP contribution is 2.06. The third-order valence-corrected chi connectivity index (χ3v) is 2.90. The number of carbonyl (C=O) groups excluding carboxylic acids is 3. The monoisotopic (exact) mass is 386 g/mol. The van der Waals surface area contributed by atoms with E-state index in [4.69, 9.17) is 23.8 Å². The summed E-state index contributed by atoms with van der Waals surface area (Å²) in [5.41, 5.74) is 0. The van der Waals surface area contributed by atoms with Crippen LogP contribution in [0.3, 0.4) is 0 Å². The maximum absolute atomic E-state index is 10.9.